The largest absolute Gasteiger partial charge is 0.352 e. The van der Waals surface area contributed by atoms with Gasteiger partial charge in [-0.1, -0.05) is 38.1 Å². The third kappa shape index (κ3) is 5.14. The van der Waals surface area contributed by atoms with E-state index in [4.69, 9.17) is 4.52 Å². The van der Waals surface area contributed by atoms with Crippen molar-refractivity contribution in [2.45, 2.75) is 40.0 Å². The van der Waals surface area contributed by atoms with Crippen LogP contribution in [0.2, 0.25) is 0 Å². The van der Waals surface area contributed by atoms with Crippen LogP contribution in [0.1, 0.15) is 49.9 Å². The van der Waals surface area contributed by atoms with Gasteiger partial charge in [-0.05, 0) is 49.4 Å². The molecule has 6 heteroatoms. The Kier molecular flexibility index (Phi) is 5.71. The maximum atomic E-state index is 12.4. The molecule has 2 aromatic rings. The lowest BCUT2D eigenvalue weighted by atomic mass is 9.92. The highest BCUT2D eigenvalue weighted by atomic mass is 16.5. The van der Waals surface area contributed by atoms with Crippen LogP contribution in [0.3, 0.4) is 0 Å². The molecule has 3 rings (SSSR count). The summed E-state index contributed by atoms with van der Waals surface area (Å²) in [5, 5.41) is 10.4. The van der Waals surface area contributed by atoms with Crippen molar-refractivity contribution in [2.24, 2.45) is 11.3 Å². The van der Waals surface area contributed by atoms with Crippen molar-refractivity contribution in [3.05, 3.63) is 35.7 Å². The van der Waals surface area contributed by atoms with E-state index in [9.17, 15) is 4.79 Å². The van der Waals surface area contributed by atoms with E-state index in [0.29, 0.717) is 29.7 Å². The van der Waals surface area contributed by atoms with Crippen LogP contribution in [0.15, 0.2) is 28.8 Å². The van der Waals surface area contributed by atoms with Crippen LogP contribution in [0.4, 0.5) is 0 Å². The first-order chi connectivity index (χ1) is 12.4. The second-order valence-corrected chi connectivity index (χ2v) is 8.23. The molecule has 0 radical (unpaired) electrons. The lowest BCUT2D eigenvalue weighted by Crippen LogP contribution is -2.26. The fourth-order valence-electron chi connectivity index (χ4n) is 3.15. The van der Waals surface area contributed by atoms with Gasteiger partial charge in [-0.2, -0.15) is 4.98 Å². The highest BCUT2D eigenvalue weighted by molar-refractivity contribution is 5.95. The average molecular weight is 356 g/mol. The summed E-state index contributed by atoms with van der Waals surface area (Å²) in [6, 6.07) is 7.38. The summed E-state index contributed by atoms with van der Waals surface area (Å²) in [5.41, 5.74) is 1.50. The van der Waals surface area contributed by atoms with Gasteiger partial charge in [-0.3, -0.25) is 4.79 Å². The molecule has 1 atom stereocenters. The van der Waals surface area contributed by atoms with Crippen LogP contribution < -0.4 is 10.6 Å². The van der Waals surface area contributed by atoms with E-state index in [1.165, 1.54) is 6.42 Å². The SMILES string of the molecule is CC(C)(C)Cc1nc(-c2cccc(C(=O)NCCC3CCNC3)c2)no1. The lowest BCUT2D eigenvalue weighted by molar-refractivity contribution is 0.0951. The number of benzene rings is 1. The molecule has 1 aliphatic rings. The van der Waals surface area contributed by atoms with Gasteiger partial charge in [0, 0.05) is 24.1 Å². The number of hydrogen-bond acceptors (Lipinski definition) is 5. The monoisotopic (exact) mass is 356 g/mol. The summed E-state index contributed by atoms with van der Waals surface area (Å²) >= 11 is 0. The van der Waals surface area contributed by atoms with Crippen LogP contribution in [0.5, 0.6) is 0 Å². The molecule has 0 spiro atoms. The van der Waals surface area contributed by atoms with E-state index >= 15 is 0 Å². The van der Waals surface area contributed by atoms with E-state index < -0.39 is 0 Å². The summed E-state index contributed by atoms with van der Waals surface area (Å²) in [7, 11) is 0. The molecule has 1 aromatic heterocycles. The van der Waals surface area contributed by atoms with Crippen molar-refractivity contribution in [1.29, 1.82) is 0 Å². The molecular formula is C20H28N4O2. The Morgan fingerprint density at radius 3 is 2.96 bits per heavy atom. The second kappa shape index (κ2) is 7.99. The summed E-state index contributed by atoms with van der Waals surface area (Å²) in [6.07, 6.45) is 2.93. The average Bonchev–Trinajstić information content (AvgIpc) is 3.25. The maximum Gasteiger partial charge on any atom is 0.251 e. The number of hydrogen-bond donors (Lipinski definition) is 2. The van der Waals surface area contributed by atoms with Crippen LogP contribution in [0.25, 0.3) is 11.4 Å². The van der Waals surface area contributed by atoms with E-state index in [2.05, 4.69) is 41.5 Å². The number of rotatable bonds is 6. The van der Waals surface area contributed by atoms with Gasteiger partial charge in [0.05, 0.1) is 0 Å². The molecule has 1 aromatic carbocycles. The molecule has 1 saturated heterocycles. The third-order valence-electron chi connectivity index (χ3n) is 4.53. The van der Waals surface area contributed by atoms with Crippen molar-refractivity contribution in [1.82, 2.24) is 20.8 Å². The predicted octanol–water partition coefficient (Wildman–Crippen LogP) is 3.05. The van der Waals surface area contributed by atoms with Crippen LogP contribution >= 0.6 is 0 Å². The van der Waals surface area contributed by atoms with Crippen molar-refractivity contribution >= 4 is 5.91 Å². The molecule has 2 heterocycles. The lowest BCUT2D eigenvalue weighted by Gasteiger charge is -2.13. The molecular weight excluding hydrogens is 328 g/mol. The first-order valence-corrected chi connectivity index (χ1v) is 9.33. The third-order valence-corrected chi connectivity index (χ3v) is 4.53. The molecule has 0 aliphatic carbocycles. The highest BCUT2D eigenvalue weighted by Crippen LogP contribution is 2.22. The molecule has 6 nitrogen and oxygen atoms in total. The fourth-order valence-corrected chi connectivity index (χ4v) is 3.15. The van der Waals surface area contributed by atoms with E-state index in [-0.39, 0.29) is 11.3 Å². The minimum absolute atomic E-state index is 0.0591. The Balaban J connectivity index is 1.61. The zero-order valence-corrected chi connectivity index (χ0v) is 15.8. The zero-order valence-electron chi connectivity index (χ0n) is 15.8. The van der Waals surface area contributed by atoms with Gasteiger partial charge in [0.15, 0.2) is 0 Å². The van der Waals surface area contributed by atoms with Gasteiger partial charge >= 0.3 is 0 Å². The molecule has 1 aliphatic heterocycles. The summed E-state index contributed by atoms with van der Waals surface area (Å²) < 4.78 is 5.35. The molecule has 2 N–H and O–H groups in total. The van der Waals surface area contributed by atoms with Crippen LogP contribution in [-0.4, -0.2) is 35.7 Å². The Hall–Kier alpha value is -2.21. The van der Waals surface area contributed by atoms with Crippen molar-refractivity contribution in [3.63, 3.8) is 0 Å². The first-order valence-electron chi connectivity index (χ1n) is 9.33. The normalized spacial score (nSPS) is 17.4. The number of aromatic nitrogens is 2. The number of amides is 1. The molecule has 0 saturated carbocycles. The Morgan fingerprint density at radius 1 is 1.38 bits per heavy atom. The Morgan fingerprint density at radius 2 is 2.23 bits per heavy atom. The summed E-state index contributed by atoms with van der Waals surface area (Å²) in [5.74, 6) is 1.75. The first kappa shape index (κ1) is 18.6. The summed E-state index contributed by atoms with van der Waals surface area (Å²) in [4.78, 5) is 16.9. The van der Waals surface area contributed by atoms with Crippen molar-refractivity contribution < 1.29 is 9.32 Å². The molecule has 140 valence electrons. The molecule has 1 unspecified atom stereocenters. The molecule has 26 heavy (non-hydrogen) atoms. The number of carbonyl (C=O) groups excluding carboxylic acids is 1. The van der Waals surface area contributed by atoms with Crippen LogP contribution in [-0.2, 0) is 6.42 Å². The summed E-state index contributed by atoms with van der Waals surface area (Å²) in [6.45, 7) is 9.23. The van der Waals surface area contributed by atoms with E-state index in [1.54, 1.807) is 0 Å². The highest BCUT2D eigenvalue weighted by Gasteiger charge is 2.18. The quantitative estimate of drug-likeness (QED) is 0.831. The second-order valence-electron chi connectivity index (χ2n) is 8.23. The van der Waals surface area contributed by atoms with Gasteiger partial charge in [0.1, 0.15) is 0 Å². The molecule has 0 bridgehead atoms. The van der Waals surface area contributed by atoms with E-state index in [1.807, 2.05) is 24.3 Å². The maximum absolute atomic E-state index is 12.4. The standard InChI is InChI=1S/C20H28N4O2/c1-20(2,3)12-17-23-18(24-26-17)15-5-4-6-16(11-15)19(25)22-10-8-14-7-9-21-13-14/h4-6,11,14,21H,7-10,12-13H2,1-3H3,(H,22,25). The number of carbonyl (C=O) groups is 1. The molecule has 1 fully saturated rings. The Labute approximate surface area is 154 Å². The van der Waals surface area contributed by atoms with Crippen molar-refractivity contribution in [3.8, 4) is 11.4 Å². The van der Waals surface area contributed by atoms with Crippen LogP contribution in [0, 0.1) is 11.3 Å². The van der Waals surface area contributed by atoms with Gasteiger partial charge in [-0.15, -0.1) is 0 Å². The van der Waals surface area contributed by atoms with Crippen molar-refractivity contribution in [2.75, 3.05) is 19.6 Å². The van der Waals surface area contributed by atoms with Gasteiger partial charge in [-0.25, -0.2) is 0 Å². The Bertz CT molecular complexity index is 742. The minimum atomic E-state index is -0.0591. The topological polar surface area (TPSA) is 80.0 Å². The number of nitrogens with zero attached hydrogens (tertiary/aromatic N) is 2. The fraction of sp³-hybridized carbons (Fsp3) is 0.550. The minimum Gasteiger partial charge on any atom is -0.352 e. The zero-order chi connectivity index (χ0) is 18.6. The number of nitrogens with one attached hydrogen (secondary N) is 2. The van der Waals surface area contributed by atoms with E-state index in [0.717, 1.165) is 31.5 Å². The van der Waals surface area contributed by atoms with Gasteiger partial charge < -0.3 is 15.2 Å². The van der Waals surface area contributed by atoms with Gasteiger partial charge in [0.25, 0.3) is 5.91 Å². The smallest absolute Gasteiger partial charge is 0.251 e. The predicted molar refractivity (Wildman–Crippen MR) is 101 cm³/mol. The molecule has 1 amide bonds. The van der Waals surface area contributed by atoms with Gasteiger partial charge in [0.2, 0.25) is 11.7 Å².